The van der Waals surface area contributed by atoms with Gasteiger partial charge in [-0.3, -0.25) is 0 Å². The minimum atomic E-state index is -0.182. The molecule has 2 nitrogen and oxygen atoms in total. The predicted molar refractivity (Wildman–Crippen MR) is 289 cm³/mol. The van der Waals surface area contributed by atoms with Crippen molar-refractivity contribution in [3.8, 4) is 39.1 Å². The molecule has 0 atom stereocenters. The van der Waals surface area contributed by atoms with Crippen LogP contribution in [-0.4, -0.2) is 4.57 Å². The molecule has 1 aromatic heterocycles. The molecule has 1 heterocycles. The Hall–Kier alpha value is -8.20. The van der Waals surface area contributed by atoms with E-state index in [4.69, 9.17) is 0 Å². The van der Waals surface area contributed by atoms with Gasteiger partial charge in [-0.15, -0.1) is 0 Å². The first-order valence-electron chi connectivity index (χ1n) is 23.9. The zero-order chi connectivity index (χ0) is 45.7. The molecule has 13 rings (SSSR count). The van der Waals surface area contributed by atoms with E-state index in [-0.39, 0.29) is 10.8 Å². The molecule has 0 saturated heterocycles. The summed E-state index contributed by atoms with van der Waals surface area (Å²) < 4.78 is 2.49. The van der Waals surface area contributed by atoms with E-state index in [0.29, 0.717) is 0 Å². The fourth-order valence-corrected chi connectivity index (χ4v) is 11.8. The molecule has 11 aromatic rings. The highest BCUT2D eigenvalue weighted by molar-refractivity contribution is 6.15. The van der Waals surface area contributed by atoms with Crippen LogP contribution in [0.3, 0.4) is 0 Å². The summed E-state index contributed by atoms with van der Waals surface area (Å²) in [7, 11) is 0. The van der Waals surface area contributed by atoms with Gasteiger partial charge in [0.15, 0.2) is 0 Å². The summed E-state index contributed by atoms with van der Waals surface area (Å²) in [5, 5.41) is 4.88. The number of aromatic nitrogens is 1. The molecule has 0 radical (unpaired) electrons. The van der Waals surface area contributed by atoms with Crippen molar-refractivity contribution in [3.63, 3.8) is 0 Å². The van der Waals surface area contributed by atoms with E-state index in [1.165, 1.54) is 99.4 Å². The van der Waals surface area contributed by atoms with E-state index < -0.39 is 0 Å². The molecule has 0 spiro atoms. The van der Waals surface area contributed by atoms with Crippen LogP contribution in [0, 0.1) is 0 Å². The first-order valence-corrected chi connectivity index (χ1v) is 23.9. The first kappa shape index (κ1) is 40.1. The number of hydrogen-bond donors (Lipinski definition) is 0. The van der Waals surface area contributed by atoms with Crippen LogP contribution in [0.5, 0.6) is 0 Å². The van der Waals surface area contributed by atoms with Gasteiger partial charge in [-0.05, 0) is 150 Å². The van der Waals surface area contributed by atoms with Crippen molar-refractivity contribution in [2.45, 2.75) is 38.5 Å². The molecule has 0 bridgehead atoms. The van der Waals surface area contributed by atoms with Crippen LogP contribution >= 0.6 is 0 Å². The Bertz CT molecular complexity index is 3760. The summed E-state index contributed by atoms with van der Waals surface area (Å²) in [6.07, 6.45) is 0. The van der Waals surface area contributed by atoms with Crippen molar-refractivity contribution in [3.05, 3.63) is 253 Å². The predicted octanol–water partition coefficient (Wildman–Crippen LogP) is 17.9. The van der Waals surface area contributed by atoms with Crippen molar-refractivity contribution in [1.29, 1.82) is 0 Å². The van der Waals surface area contributed by atoms with Gasteiger partial charge < -0.3 is 9.47 Å². The summed E-state index contributed by atoms with van der Waals surface area (Å²) in [4.78, 5) is 2.47. The first-order chi connectivity index (χ1) is 33.2. The van der Waals surface area contributed by atoms with Crippen LogP contribution in [0.2, 0.25) is 0 Å². The Morgan fingerprint density at radius 2 is 0.794 bits per heavy atom. The van der Waals surface area contributed by atoms with Crippen LogP contribution in [0.1, 0.15) is 49.9 Å². The quantitative estimate of drug-likeness (QED) is 0.155. The molecule has 324 valence electrons. The van der Waals surface area contributed by atoms with Crippen molar-refractivity contribution < 1.29 is 0 Å². The average Bonchev–Trinajstić information content (AvgIpc) is 3.93. The molecule has 0 fully saturated rings. The van der Waals surface area contributed by atoms with E-state index in [1.54, 1.807) is 0 Å². The molecule has 2 heteroatoms. The molecule has 2 aliphatic carbocycles. The average molecular weight is 871 g/mol. The van der Waals surface area contributed by atoms with Crippen molar-refractivity contribution in [2.24, 2.45) is 0 Å². The summed E-state index contributed by atoms with van der Waals surface area (Å²) in [6.45, 7) is 9.67. The van der Waals surface area contributed by atoms with Gasteiger partial charge in [0.25, 0.3) is 0 Å². The highest BCUT2D eigenvalue weighted by atomic mass is 15.1. The molecule has 0 N–H and O–H groups in total. The molecule has 0 aliphatic heterocycles. The fourth-order valence-electron chi connectivity index (χ4n) is 11.8. The van der Waals surface area contributed by atoms with Gasteiger partial charge in [-0.2, -0.15) is 0 Å². The van der Waals surface area contributed by atoms with Crippen LogP contribution in [0.15, 0.2) is 231 Å². The van der Waals surface area contributed by atoms with E-state index in [1.807, 2.05) is 0 Å². The summed E-state index contributed by atoms with van der Waals surface area (Å²) in [6, 6.07) is 85.4. The van der Waals surface area contributed by atoms with Gasteiger partial charge in [-0.1, -0.05) is 185 Å². The van der Waals surface area contributed by atoms with Gasteiger partial charge in [0.2, 0.25) is 0 Å². The fraction of sp³-hybridized carbons (Fsp3) is 0.0909. The second kappa shape index (κ2) is 15.2. The number of allylic oxidation sites excluding steroid dienone is 2. The normalized spacial score (nSPS) is 14.4. The second-order valence-electron chi connectivity index (χ2n) is 19.8. The topological polar surface area (TPSA) is 8.17 Å². The molecule has 2 aliphatic rings. The maximum atomic E-state index is 2.49. The Morgan fingerprint density at radius 3 is 1.44 bits per heavy atom. The number of nitrogens with zero attached hydrogens (tertiary/aromatic N) is 2. The third-order valence-electron chi connectivity index (χ3n) is 15.1. The van der Waals surface area contributed by atoms with Gasteiger partial charge in [-0.25, -0.2) is 0 Å². The Morgan fingerprint density at radius 1 is 0.324 bits per heavy atom. The van der Waals surface area contributed by atoms with Crippen molar-refractivity contribution in [1.82, 2.24) is 4.57 Å². The molecule has 0 amide bonds. The van der Waals surface area contributed by atoms with Gasteiger partial charge >= 0.3 is 0 Å². The zero-order valence-electron chi connectivity index (χ0n) is 38.8. The SMILES string of the molecule is CC1(C)C2=C(c3ccccc31)C(C)(C)c1cc(N(c3ccc(-c4ccccc4)cc3)c3ccc4c(c3)c3cc5ccccc5cc3n4-c3cc(-c4ccccc4)cc(-c4ccccc4)c3)ccc12. The molecule has 68 heavy (non-hydrogen) atoms. The Kier molecular flexibility index (Phi) is 8.95. The number of fused-ring (bicyclic) bond motifs is 8. The second-order valence-corrected chi connectivity index (χ2v) is 19.8. The summed E-state index contributed by atoms with van der Waals surface area (Å²) in [5.41, 5.74) is 22.3. The minimum absolute atomic E-state index is 0.0885. The van der Waals surface area contributed by atoms with Crippen LogP contribution in [-0.2, 0) is 10.8 Å². The molecular weight excluding hydrogens is 821 g/mol. The number of anilines is 3. The highest BCUT2D eigenvalue weighted by Crippen LogP contribution is 2.63. The third kappa shape index (κ3) is 6.17. The smallest absolute Gasteiger partial charge is 0.0547 e. The number of rotatable bonds is 7. The maximum Gasteiger partial charge on any atom is 0.0547 e. The van der Waals surface area contributed by atoms with Crippen LogP contribution < -0.4 is 4.90 Å². The minimum Gasteiger partial charge on any atom is -0.310 e. The van der Waals surface area contributed by atoms with E-state index in [0.717, 1.165) is 22.7 Å². The lowest BCUT2D eigenvalue weighted by atomic mass is 9.76. The molecule has 0 saturated carbocycles. The van der Waals surface area contributed by atoms with E-state index in [9.17, 15) is 0 Å². The van der Waals surface area contributed by atoms with Gasteiger partial charge in [0, 0.05) is 44.4 Å². The maximum absolute atomic E-state index is 2.49. The summed E-state index contributed by atoms with van der Waals surface area (Å²) >= 11 is 0. The van der Waals surface area contributed by atoms with E-state index in [2.05, 4.69) is 268 Å². The number of benzene rings is 10. The molecule has 10 aromatic carbocycles. The summed E-state index contributed by atoms with van der Waals surface area (Å²) in [5.74, 6) is 0. The monoisotopic (exact) mass is 870 g/mol. The van der Waals surface area contributed by atoms with Crippen LogP contribution in [0.4, 0.5) is 17.1 Å². The van der Waals surface area contributed by atoms with Gasteiger partial charge in [0.1, 0.15) is 0 Å². The zero-order valence-corrected chi connectivity index (χ0v) is 38.8. The van der Waals surface area contributed by atoms with Gasteiger partial charge in [0.05, 0.1) is 11.0 Å². The van der Waals surface area contributed by atoms with Crippen molar-refractivity contribution in [2.75, 3.05) is 4.90 Å². The third-order valence-corrected chi connectivity index (χ3v) is 15.1. The Labute approximate surface area is 398 Å². The molecule has 0 unspecified atom stereocenters. The molecular formula is C66H50N2. The highest BCUT2D eigenvalue weighted by Gasteiger charge is 2.49. The lowest BCUT2D eigenvalue weighted by Gasteiger charge is -2.31. The lowest BCUT2D eigenvalue weighted by molar-refractivity contribution is 0.694. The standard InChI is InChI=1S/C66H50N2/c1-65(2)59-27-17-16-26-55(59)63-64(65)56-34-32-53(42-60(56)66(63,3)4)67(51-30-28-46(29-31-51)43-18-8-5-9-19-43)52-33-35-61-58(41-52)57-39-47-24-14-15-25-48(47)40-62(57)68(61)54-37-49(44-20-10-6-11-21-44)36-50(38-54)45-22-12-7-13-23-45/h5-42H,1-4H3. The Balaban J connectivity index is 1.03. The lowest BCUT2D eigenvalue weighted by Crippen LogP contribution is -2.20. The largest absolute Gasteiger partial charge is 0.310 e. The van der Waals surface area contributed by atoms with Crippen LogP contribution in [0.25, 0.3) is 82.8 Å². The van der Waals surface area contributed by atoms with E-state index >= 15 is 0 Å². The number of hydrogen-bond acceptors (Lipinski definition) is 1. The van der Waals surface area contributed by atoms with Crippen molar-refractivity contribution >= 4 is 60.8 Å².